The van der Waals surface area contributed by atoms with Gasteiger partial charge >= 0.3 is 0 Å². The first-order valence-electron chi connectivity index (χ1n) is 6.37. The van der Waals surface area contributed by atoms with Crippen LogP contribution >= 0.6 is 0 Å². The molecule has 1 unspecified atom stereocenters. The Bertz CT molecular complexity index is 401. The number of benzene rings is 1. The van der Waals surface area contributed by atoms with Crippen molar-refractivity contribution in [1.82, 2.24) is 5.32 Å². The lowest BCUT2D eigenvalue weighted by molar-refractivity contribution is 0.412. The van der Waals surface area contributed by atoms with Crippen LogP contribution in [0.5, 0.6) is 5.75 Å². The molecule has 0 fully saturated rings. The van der Waals surface area contributed by atoms with Crippen molar-refractivity contribution in [3.63, 3.8) is 0 Å². The van der Waals surface area contributed by atoms with Crippen molar-refractivity contribution in [2.24, 2.45) is 0 Å². The van der Waals surface area contributed by atoms with Gasteiger partial charge in [0.05, 0.1) is 7.11 Å². The Labute approximate surface area is 110 Å². The molecule has 0 bridgehead atoms. The highest BCUT2D eigenvalue weighted by molar-refractivity contribution is 5.51. The van der Waals surface area contributed by atoms with Crippen LogP contribution in [0.4, 0.5) is 5.69 Å². The summed E-state index contributed by atoms with van der Waals surface area (Å²) in [7, 11) is 1.70. The second-order valence-corrected chi connectivity index (χ2v) is 4.60. The zero-order valence-electron chi connectivity index (χ0n) is 11.8. The zero-order chi connectivity index (χ0) is 13.5. The molecular weight excluding hydrogens is 224 g/mol. The number of hydrogen-bond acceptors (Lipinski definition) is 3. The van der Waals surface area contributed by atoms with Crippen molar-refractivity contribution >= 4 is 5.69 Å². The van der Waals surface area contributed by atoms with E-state index in [1.54, 1.807) is 7.11 Å². The third-order valence-corrected chi connectivity index (χ3v) is 2.90. The van der Waals surface area contributed by atoms with Gasteiger partial charge in [0.2, 0.25) is 0 Å². The zero-order valence-corrected chi connectivity index (χ0v) is 11.8. The van der Waals surface area contributed by atoms with Crippen molar-refractivity contribution in [3.8, 4) is 5.75 Å². The monoisotopic (exact) mass is 248 g/mol. The van der Waals surface area contributed by atoms with Crippen LogP contribution in [0.15, 0.2) is 30.5 Å². The Kier molecular flexibility index (Phi) is 5.56. The number of aryl methyl sites for hydroxylation is 1. The van der Waals surface area contributed by atoms with Gasteiger partial charge in [-0.2, -0.15) is 0 Å². The molecule has 0 aliphatic heterocycles. The number of ether oxygens (including phenoxy) is 1. The lowest BCUT2D eigenvalue weighted by Gasteiger charge is -2.19. The van der Waals surface area contributed by atoms with Gasteiger partial charge in [-0.15, -0.1) is 0 Å². The molecule has 0 radical (unpaired) electrons. The maximum Gasteiger partial charge on any atom is 0.123 e. The Morgan fingerprint density at radius 3 is 2.72 bits per heavy atom. The first-order valence-corrected chi connectivity index (χ1v) is 6.37. The minimum absolute atomic E-state index is 0.398. The van der Waals surface area contributed by atoms with Gasteiger partial charge in [-0.3, -0.25) is 0 Å². The van der Waals surface area contributed by atoms with Gasteiger partial charge in [-0.25, -0.2) is 0 Å². The normalized spacial score (nSPS) is 11.8. The number of rotatable bonds is 7. The molecule has 0 aliphatic rings. The summed E-state index contributed by atoms with van der Waals surface area (Å²) in [6.07, 6.45) is 1.06. The third kappa shape index (κ3) is 4.32. The predicted octanol–water partition coefficient (Wildman–Crippen LogP) is 3.32. The molecule has 0 aliphatic carbocycles. The maximum atomic E-state index is 5.31. The highest BCUT2D eigenvalue weighted by Gasteiger charge is 2.06. The molecule has 1 atom stereocenters. The van der Waals surface area contributed by atoms with Crippen molar-refractivity contribution in [2.75, 3.05) is 19.0 Å². The van der Waals surface area contributed by atoms with Crippen molar-refractivity contribution in [3.05, 3.63) is 36.0 Å². The van der Waals surface area contributed by atoms with Crippen LogP contribution in [0.2, 0.25) is 0 Å². The summed E-state index contributed by atoms with van der Waals surface area (Å²) < 4.78 is 5.31. The molecule has 1 rings (SSSR count). The standard InChI is InChI=1S/C15H24N2O/c1-6-13(17-11(2)3)10-16-14-8-7-12(4)15(9-14)18-5/h7-9,13,16-17H,2,6,10H2,1,3-5H3. The summed E-state index contributed by atoms with van der Waals surface area (Å²) >= 11 is 0. The summed E-state index contributed by atoms with van der Waals surface area (Å²) in [6.45, 7) is 10.9. The van der Waals surface area contributed by atoms with Crippen LogP contribution in [0.25, 0.3) is 0 Å². The fourth-order valence-electron chi connectivity index (χ4n) is 1.82. The molecule has 0 aromatic heterocycles. The molecule has 0 saturated heterocycles. The average Bonchev–Trinajstić information content (AvgIpc) is 2.35. The van der Waals surface area contributed by atoms with Crippen molar-refractivity contribution in [1.29, 1.82) is 0 Å². The second-order valence-electron chi connectivity index (χ2n) is 4.60. The molecule has 1 aromatic rings. The summed E-state index contributed by atoms with van der Waals surface area (Å²) in [4.78, 5) is 0. The van der Waals surface area contributed by atoms with Crippen molar-refractivity contribution < 1.29 is 4.74 Å². The molecule has 0 heterocycles. The smallest absolute Gasteiger partial charge is 0.123 e. The molecular formula is C15H24N2O. The van der Waals surface area contributed by atoms with E-state index in [-0.39, 0.29) is 0 Å². The van der Waals surface area contributed by atoms with Gasteiger partial charge in [0.1, 0.15) is 5.75 Å². The van der Waals surface area contributed by atoms with Gasteiger partial charge in [0, 0.05) is 30.0 Å². The topological polar surface area (TPSA) is 33.3 Å². The summed E-state index contributed by atoms with van der Waals surface area (Å²) in [5.74, 6) is 0.918. The van der Waals surface area contributed by atoms with E-state index in [0.29, 0.717) is 6.04 Å². The Morgan fingerprint density at radius 1 is 1.44 bits per heavy atom. The third-order valence-electron chi connectivity index (χ3n) is 2.90. The summed E-state index contributed by atoms with van der Waals surface area (Å²) in [5, 5.41) is 6.77. The van der Waals surface area contributed by atoms with Gasteiger partial charge in [-0.05, 0) is 31.9 Å². The molecule has 18 heavy (non-hydrogen) atoms. The number of methoxy groups -OCH3 is 1. The van der Waals surface area contributed by atoms with Crippen molar-refractivity contribution in [2.45, 2.75) is 33.2 Å². The first kappa shape index (κ1) is 14.4. The molecule has 0 saturated carbocycles. The number of hydrogen-bond donors (Lipinski definition) is 2. The molecule has 3 heteroatoms. The van der Waals surface area contributed by atoms with Gasteiger partial charge in [0.15, 0.2) is 0 Å². The molecule has 0 amide bonds. The molecule has 1 aromatic carbocycles. The first-order chi connectivity index (χ1) is 8.56. The van der Waals surface area contributed by atoms with Crippen LogP contribution in [-0.4, -0.2) is 19.7 Å². The fourth-order valence-corrected chi connectivity index (χ4v) is 1.82. The number of allylic oxidation sites excluding steroid dienone is 1. The molecule has 3 nitrogen and oxygen atoms in total. The van der Waals surface area contributed by atoms with Gasteiger partial charge < -0.3 is 15.4 Å². The lowest BCUT2D eigenvalue weighted by atomic mass is 10.2. The molecule has 100 valence electrons. The van der Waals surface area contributed by atoms with E-state index in [1.807, 2.05) is 19.9 Å². The second kappa shape index (κ2) is 6.94. The number of anilines is 1. The van der Waals surface area contributed by atoms with Crippen LogP contribution in [0, 0.1) is 6.92 Å². The average molecular weight is 248 g/mol. The Hall–Kier alpha value is -1.64. The molecule has 0 spiro atoms. The van der Waals surface area contributed by atoms with Gasteiger partial charge in [-0.1, -0.05) is 19.6 Å². The SMILES string of the molecule is C=C(C)NC(CC)CNc1ccc(C)c(OC)c1. The van der Waals surface area contributed by atoms with E-state index in [0.717, 1.165) is 35.7 Å². The summed E-state index contributed by atoms with van der Waals surface area (Å²) in [6, 6.07) is 6.57. The minimum atomic E-state index is 0.398. The van der Waals surface area contributed by atoms with E-state index in [9.17, 15) is 0 Å². The van der Waals surface area contributed by atoms with Gasteiger partial charge in [0.25, 0.3) is 0 Å². The van der Waals surface area contributed by atoms with E-state index < -0.39 is 0 Å². The number of nitrogens with one attached hydrogen (secondary N) is 2. The predicted molar refractivity (Wildman–Crippen MR) is 78.2 cm³/mol. The Morgan fingerprint density at radius 2 is 2.17 bits per heavy atom. The molecule has 2 N–H and O–H groups in total. The van der Waals surface area contributed by atoms with Crippen LogP contribution in [0.3, 0.4) is 0 Å². The van der Waals surface area contributed by atoms with Crippen LogP contribution < -0.4 is 15.4 Å². The lowest BCUT2D eigenvalue weighted by Crippen LogP contribution is -2.33. The Balaban J connectivity index is 2.59. The highest BCUT2D eigenvalue weighted by Crippen LogP contribution is 2.22. The summed E-state index contributed by atoms with van der Waals surface area (Å²) in [5.41, 5.74) is 3.24. The maximum absolute atomic E-state index is 5.31. The van der Waals surface area contributed by atoms with E-state index in [2.05, 4.69) is 36.3 Å². The van der Waals surface area contributed by atoms with E-state index in [4.69, 9.17) is 4.74 Å². The quantitative estimate of drug-likeness (QED) is 0.776. The van der Waals surface area contributed by atoms with E-state index >= 15 is 0 Å². The van der Waals surface area contributed by atoms with Crippen LogP contribution in [0.1, 0.15) is 25.8 Å². The fraction of sp³-hybridized carbons (Fsp3) is 0.467. The minimum Gasteiger partial charge on any atom is -0.496 e. The van der Waals surface area contributed by atoms with Crippen LogP contribution in [-0.2, 0) is 0 Å². The largest absolute Gasteiger partial charge is 0.496 e. The highest BCUT2D eigenvalue weighted by atomic mass is 16.5. The van der Waals surface area contributed by atoms with E-state index in [1.165, 1.54) is 0 Å².